The summed E-state index contributed by atoms with van der Waals surface area (Å²) in [5, 5.41) is 3.37. The van der Waals surface area contributed by atoms with E-state index in [1.807, 2.05) is 7.05 Å². The third kappa shape index (κ3) is 2.79. The molecule has 1 heterocycles. The second-order valence-corrected chi connectivity index (χ2v) is 4.41. The first-order valence-corrected chi connectivity index (χ1v) is 6.27. The van der Waals surface area contributed by atoms with E-state index < -0.39 is 0 Å². The Kier molecular flexibility index (Phi) is 4.40. The van der Waals surface area contributed by atoms with E-state index in [-0.39, 0.29) is 0 Å². The average Bonchev–Trinajstić information content (AvgIpc) is 2.83. The summed E-state index contributed by atoms with van der Waals surface area (Å²) >= 11 is 0. The number of hydrogen-bond acceptors (Lipinski definition) is 3. The van der Waals surface area contributed by atoms with Gasteiger partial charge >= 0.3 is 0 Å². The molecule has 3 nitrogen and oxygen atoms in total. The fourth-order valence-corrected chi connectivity index (χ4v) is 2.40. The summed E-state index contributed by atoms with van der Waals surface area (Å²) in [6.07, 6.45) is 3.17. The Balaban J connectivity index is 2.11. The van der Waals surface area contributed by atoms with E-state index in [9.17, 15) is 0 Å². The van der Waals surface area contributed by atoms with Crippen LogP contribution in [0, 0.1) is 0 Å². The SMILES string of the molecule is CNC(CCCOC)c1cccc2c1OCC2. The van der Waals surface area contributed by atoms with Gasteiger partial charge in [-0.3, -0.25) is 0 Å². The van der Waals surface area contributed by atoms with Crippen LogP contribution in [0.4, 0.5) is 0 Å². The molecule has 1 atom stereocenters. The number of methoxy groups -OCH3 is 1. The number of para-hydroxylation sites is 1. The summed E-state index contributed by atoms with van der Waals surface area (Å²) in [7, 11) is 3.75. The first kappa shape index (κ1) is 12.4. The molecule has 17 heavy (non-hydrogen) atoms. The molecule has 0 aliphatic carbocycles. The molecule has 0 saturated carbocycles. The summed E-state index contributed by atoms with van der Waals surface area (Å²) in [5.41, 5.74) is 2.63. The third-order valence-corrected chi connectivity index (χ3v) is 3.31. The summed E-state index contributed by atoms with van der Waals surface area (Å²) in [6.45, 7) is 1.63. The lowest BCUT2D eigenvalue weighted by molar-refractivity contribution is 0.189. The van der Waals surface area contributed by atoms with Crippen LogP contribution in [0.25, 0.3) is 0 Å². The monoisotopic (exact) mass is 235 g/mol. The molecule has 0 bridgehead atoms. The highest BCUT2D eigenvalue weighted by Crippen LogP contribution is 2.34. The van der Waals surface area contributed by atoms with Gasteiger partial charge in [-0.2, -0.15) is 0 Å². The van der Waals surface area contributed by atoms with Gasteiger partial charge in [0, 0.05) is 31.7 Å². The van der Waals surface area contributed by atoms with Crippen molar-refractivity contribution in [1.29, 1.82) is 0 Å². The molecule has 0 fully saturated rings. The minimum absolute atomic E-state index is 0.359. The molecule has 1 aromatic carbocycles. The quantitative estimate of drug-likeness (QED) is 0.767. The zero-order valence-electron chi connectivity index (χ0n) is 10.7. The van der Waals surface area contributed by atoms with Gasteiger partial charge in [-0.05, 0) is 25.5 Å². The lowest BCUT2D eigenvalue weighted by Crippen LogP contribution is -2.17. The molecule has 94 valence electrons. The standard InChI is InChI=1S/C14H21NO2/c1-15-13(7-4-9-16-2)12-6-3-5-11-8-10-17-14(11)12/h3,5-6,13,15H,4,7-10H2,1-2H3. The number of hydrogen-bond donors (Lipinski definition) is 1. The summed E-state index contributed by atoms with van der Waals surface area (Å²) in [5.74, 6) is 1.10. The van der Waals surface area contributed by atoms with Crippen LogP contribution in [-0.4, -0.2) is 27.4 Å². The summed E-state index contributed by atoms with van der Waals surface area (Å²) in [4.78, 5) is 0. The normalized spacial score (nSPS) is 15.4. The van der Waals surface area contributed by atoms with Crippen LogP contribution in [0.3, 0.4) is 0 Å². The predicted octanol–water partition coefficient (Wildman–Crippen LogP) is 2.31. The Morgan fingerprint density at radius 2 is 2.35 bits per heavy atom. The van der Waals surface area contributed by atoms with Gasteiger partial charge < -0.3 is 14.8 Å². The van der Waals surface area contributed by atoms with Gasteiger partial charge in [0.2, 0.25) is 0 Å². The Hall–Kier alpha value is -1.06. The summed E-state index contributed by atoms with van der Waals surface area (Å²) < 4.78 is 10.9. The third-order valence-electron chi connectivity index (χ3n) is 3.31. The van der Waals surface area contributed by atoms with Crippen LogP contribution >= 0.6 is 0 Å². The molecule has 1 aliphatic rings. The fraction of sp³-hybridized carbons (Fsp3) is 0.571. The van der Waals surface area contributed by atoms with Gasteiger partial charge in [-0.25, -0.2) is 0 Å². The van der Waals surface area contributed by atoms with Gasteiger partial charge in [0.05, 0.1) is 6.61 Å². The molecule has 0 radical (unpaired) electrons. The van der Waals surface area contributed by atoms with Crippen LogP contribution in [0.2, 0.25) is 0 Å². The lowest BCUT2D eigenvalue weighted by Gasteiger charge is -2.19. The maximum atomic E-state index is 5.75. The molecule has 3 heteroatoms. The zero-order valence-corrected chi connectivity index (χ0v) is 10.7. The second-order valence-electron chi connectivity index (χ2n) is 4.41. The number of nitrogens with one attached hydrogen (secondary N) is 1. The highest BCUT2D eigenvalue weighted by Gasteiger charge is 2.20. The van der Waals surface area contributed by atoms with Crippen molar-refractivity contribution >= 4 is 0 Å². The smallest absolute Gasteiger partial charge is 0.127 e. The molecule has 0 amide bonds. The van der Waals surface area contributed by atoms with E-state index >= 15 is 0 Å². The van der Waals surface area contributed by atoms with Crippen molar-refractivity contribution in [2.45, 2.75) is 25.3 Å². The van der Waals surface area contributed by atoms with Crippen molar-refractivity contribution in [2.75, 3.05) is 27.4 Å². The first-order chi connectivity index (χ1) is 8.36. The van der Waals surface area contributed by atoms with E-state index in [1.165, 1.54) is 11.1 Å². The molecular formula is C14H21NO2. The van der Waals surface area contributed by atoms with Crippen LogP contribution in [0.1, 0.15) is 30.0 Å². The molecule has 0 spiro atoms. The average molecular weight is 235 g/mol. The van der Waals surface area contributed by atoms with Crippen molar-refractivity contribution in [2.24, 2.45) is 0 Å². The van der Waals surface area contributed by atoms with Gasteiger partial charge in [-0.1, -0.05) is 18.2 Å². The molecule has 1 aromatic rings. The molecule has 0 saturated heterocycles. The molecule has 1 N–H and O–H groups in total. The van der Waals surface area contributed by atoms with E-state index in [0.29, 0.717) is 6.04 Å². The van der Waals surface area contributed by atoms with Crippen LogP contribution in [0.5, 0.6) is 5.75 Å². The van der Waals surface area contributed by atoms with Crippen molar-refractivity contribution < 1.29 is 9.47 Å². The number of fused-ring (bicyclic) bond motifs is 1. The van der Waals surface area contributed by atoms with Gasteiger partial charge in [0.1, 0.15) is 5.75 Å². The van der Waals surface area contributed by atoms with E-state index in [0.717, 1.165) is 38.2 Å². The minimum atomic E-state index is 0.359. The van der Waals surface area contributed by atoms with Crippen LogP contribution < -0.4 is 10.1 Å². The van der Waals surface area contributed by atoms with E-state index in [1.54, 1.807) is 7.11 Å². The molecule has 1 aliphatic heterocycles. The maximum absolute atomic E-state index is 5.75. The lowest BCUT2D eigenvalue weighted by atomic mass is 9.98. The number of rotatable bonds is 6. The topological polar surface area (TPSA) is 30.5 Å². The summed E-state index contributed by atoms with van der Waals surface area (Å²) in [6, 6.07) is 6.81. The fourth-order valence-electron chi connectivity index (χ4n) is 2.40. The van der Waals surface area contributed by atoms with Crippen molar-refractivity contribution in [1.82, 2.24) is 5.32 Å². The Bertz CT molecular complexity index is 365. The van der Waals surface area contributed by atoms with Crippen molar-refractivity contribution in [3.05, 3.63) is 29.3 Å². The Morgan fingerprint density at radius 1 is 1.47 bits per heavy atom. The highest BCUT2D eigenvalue weighted by molar-refractivity contribution is 5.45. The number of benzene rings is 1. The maximum Gasteiger partial charge on any atom is 0.127 e. The van der Waals surface area contributed by atoms with Gasteiger partial charge in [0.15, 0.2) is 0 Å². The van der Waals surface area contributed by atoms with Crippen molar-refractivity contribution in [3.63, 3.8) is 0 Å². The Morgan fingerprint density at radius 3 is 3.12 bits per heavy atom. The predicted molar refractivity (Wildman–Crippen MR) is 68.6 cm³/mol. The molecule has 0 aromatic heterocycles. The second kappa shape index (κ2) is 6.03. The molecule has 2 rings (SSSR count). The highest BCUT2D eigenvalue weighted by atomic mass is 16.5. The minimum Gasteiger partial charge on any atom is -0.493 e. The van der Waals surface area contributed by atoms with Gasteiger partial charge in [-0.15, -0.1) is 0 Å². The van der Waals surface area contributed by atoms with Crippen LogP contribution in [0.15, 0.2) is 18.2 Å². The zero-order chi connectivity index (χ0) is 12.1. The van der Waals surface area contributed by atoms with Gasteiger partial charge in [0.25, 0.3) is 0 Å². The van der Waals surface area contributed by atoms with E-state index in [4.69, 9.17) is 9.47 Å². The molecule has 1 unspecified atom stereocenters. The Labute approximate surface area is 103 Å². The first-order valence-electron chi connectivity index (χ1n) is 6.27. The largest absolute Gasteiger partial charge is 0.493 e. The number of ether oxygens (including phenoxy) is 2. The van der Waals surface area contributed by atoms with E-state index in [2.05, 4.69) is 23.5 Å². The molecular weight excluding hydrogens is 214 g/mol. The van der Waals surface area contributed by atoms with Crippen LogP contribution in [-0.2, 0) is 11.2 Å². The van der Waals surface area contributed by atoms with Crippen molar-refractivity contribution in [3.8, 4) is 5.75 Å².